The first kappa shape index (κ1) is 19.5. The Hall–Kier alpha value is -1.59. The Morgan fingerprint density at radius 3 is 1.91 bits per heavy atom. The van der Waals surface area contributed by atoms with Crippen LogP contribution in [0.15, 0.2) is 30.3 Å². The monoisotopic (exact) mass is 341 g/mol. The van der Waals surface area contributed by atoms with E-state index in [0.717, 1.165) is 5.56 Å². The topological polar surface area (TPSA) is 55.8 Å². The highest BCUT2D eigenvalue weighted by atomic mass is 35.5. The summed E-state index contributed by atoms with van der Waals surface area (Å²) in [6.07, 6.45) is 1.24. The van der Waals surface area contributed by atoms with Crippen LogP contribution in [0.2, 0.25) is 0 Å². The van der Waals surface area contributed by atoms with E-state index in [1.807, 2.05) is 35.2 Å². The molecular weight excluding hydrogens is 318 g/mol. The second-order valence-corrected chi connectivity index (χ2v) is 5.27. The highest BCUT2D eigenvalue weighted by Crippen LogP contribution is 2.28. The third-order valence-corrected chi connectivity index (χ3v) is 3.84. The Morgan fingerprint density at radius 1 is 1.00 bits per heavy atom. The van der Waals surface area contributed by atoms with Gasteiger partial charge >= 0.3 is 11.9 Å². The maximum absolute atomic E-state index is 12.2. The molecule has 1 aromatic rings. The molecule has 0 aromatic heterocycles. The maximum Gasteiger partial charge on any atom is 0.323 e. The van der Waals surface area contributed by atoms with Crippen LogP contribution < -0.4 is 0 Å². The minimum atomic E-state index is -0.380. The summed E-state index contributed by atoms with van der Waals surface area (Å²) in [6.45, 7) is 4.80. The molecule has 1 fully saturated rings. The molecule has 0 radical (unpaired) electrons. The van der Waals surface area contributed by atoms with Gasteiger partial charge < -0.3 is 9.47 Å². The predicted octanol–water partition coefficient (Wildman–Crippen LogP) is 2.57. The van der Waals surface area contributed by atoms with E-state index < -0.39 is 0 Å². The van der Waals surface area contributed by atoms with E-state index in [-0.39, 0.29) is 36.4 Å². The minimum Gasteiger partial charge on any atom is -0.465 e. The van der Waals surface area contributed by atoms with Crippen molar-refractivity contribution in [2.45, 2.75) is 45.3 Å². The van der Waals surface area contributed by atoms with Gasteiger partial charge in [0.1, 0.15) is 12.1 Å². The second-order valence-electron chi connectivity index (χ2n) is 5.27. The van der Waals surface area contributed by atoms with Gasteiger partial charge in [-0.15, -0.1) is 12.4 Å². The van der Waals surface area contributed by atoms with Crippen LogP contribution in [-0.2, 0) is 25.6 Å². The van der Waals surface area contributed by atoms with E-state index >= 15 is 0 Å². The zero-order chi connectivity index (χ0) is 15.9. The van der Waals surface area contributed by atoms with Crippen molar-refractivity contribution in [2.75, 3.05) is 13.2 Å². The fourth-order valence-corrected chi connectivity index (χ4v) is 2.86. The van der Waals surface area contributed by atoms with Gasteiger partial charge in [-0.2, -0.15) is 0 Å². The van der Waals surface area contributed by atoms with Crippen molar-refractivity contribution < 1.29 is 19.1 Å². The highest BCUT2D eigenvalue weighted by molar-refractivity contribution is 5.85. The van der Waals surface area contributed by atoms with Crippen molar-refractivity contribution in [2.24, 2.45) is 0 Å². The number of hydrogen-bond acceptors (Lipinski definition) is 5. The van der Waals surface area contributed by atoms with E-state index in [2.05, 4.69) is 0 Å². The molecule has 0 spiro atoms. The van der Waals surface area contributed by atoms with Crippen LogP contribution in [-0.4, -0.2) is 42.1 Å². The van der Waals surface area contributed by atoms with Gasteiger partial charge in [-0.05, 0) is 32.3 Å². The summed E-state index contributed by atoms with van der Waals surface area (Å²) in [4.78, 5) is 26.2. The Bertz CT molecular complexity index is 483. The molecule has 1 aliphatic rings. The van der Waals surface area contributed by atoms with E-state index in [1.54, 1.807) is 13.8 Å². The van der Waals surface area contributed by atoms with Crippen LogP contribution in [0.3, 0.4) is 0 Å². The number of nitrogens with zero attached hydrogens (tertiary/aromatic N) is 1. The van der Waals surface area contributed by atoms with Gasteiger partial charge in [-0.3, -0.25) is 14.5 Å². The van der Waals surface area contributed by atoms with Crippen molar-refractivity contribution in [1.82, 2.24) is 4.90 Å². The number of likely N-dealkylation sites (tertiary alicyclic amines) is 1. The van der Waals surface area contributed by atoms with Crippen LogP contribution in [0.1, 0.15) is 32.3 Å². The Morgan fingerprint density at radius 2 is 1.48 bits per heavy atom. The zero-order valence-electron chi connectivity index (χ0n) is 13.6. The van der Waals surface area contributed by atoms with Crippen LogP contribution >= 0.6 is 12.4 Å². The number of hydrogen-bond donors (Lipinski definition) is 0. The zero-order valence-corrected chi connectivity index (χ0v) is 14.4. The van der Waals surface area contributed by atoms with Crippen molar-refractivity contribution >= 4 is 24.3 Å². The molecule has 0 amide bonds. The van der Waals surface area contributed by atoms with E-state index in [4.69, 9.17) is 9.47 Å². The lowest BCUT2D eigenvalue weighted by molar-refractivity contribution is -0.153. The Kier molecular flexibility index (Phi) is 8.06. The lowest BCUT2D eigenvalue weighted by Crippen LogP contribution is -2.44. The summed E-state index contributed by atoms with van der Waals surface area (Å²) in [5.74, 6) is -0.518. The van der Waals surface area contributed by atoms with Gasteiger partial charge in [0.2, 0.25) is 0 Å². The summed E-state index contributed by atoms with van der Waals surface area (Å²) in [5.41, 5.74) is 1.06. The molecule has 0 saturated carbocycles. The average Bonchev–Trinajstić information content (AvgIpc) is 2.92. The summed E-state index contributed by atoms with van der Waals surface area (Å²) in [5, 5.41) is 0. The normalized spacial score (nSPS) is 20.6. The molecule has 2 atom stereocenters. The molecular formula is C17H24ClNO4. The molecule has 0 bridgehead atoms. The minimum absolute atomic E-state index is 0. The number of esters is 2. The van der Waals surface area contributed by atoms with E-state index in [1.165, 1.54) is 0 Å². The quantitative estimate of drug-likeness (QED) is 0.744. The molecule has 5 nitrogen and oxygen atoms in total. The molecule has 1 heterocycles. The lowest BCUT2D eigenvalue weighted by Gasteiger charge is -2.27. The third kappa shape index (κ3) is 4.94. The SMILES string of the molecule is CCOC(=O)C1CCC(C(=O)OCC)N1Cc1ccccc1.Cl. The molecule has 2 rings (SSSR count). The highest BCUT2D eigenvalue weighted by Gasteiger charge is 2.42. The fourth-order valence-electron chi connectivity index (χ4n) is 2.86. The number of rotatable bonds is 6. The van der Waals surface area contributed by atoms with Gasteiger partial charge in [0.15, 0.2) is 0 Å². The predicted molar refractivity (Wildman–Crippen MR) is 89.3 cm³/mol. The van der Waals surface area contributed by atoms with Gasteiger partial charge in [0.25, 0.3) is 0 Å². The summed E-state index contributed by atoms with van der Waals surface area (Å²) < 4.78 is 10.3. The Labute approximate surface area is 143 Å². The Balaban J connectivity index is 0.00000264. The molecule has 128 valence electrons. The van der Waals surface area contributed by atoms with Gasteiger partial charge in [0.05, 0.1) is 13.2 Å². The third-order valence-electron chi connectivity index (χ3n) is 3.84. The summed E-state index contributed by atoms with van der Waals surface area (Å²) in [6, 6.07) is 9.06. The number of benzene rings is 1. The molecule has 0 N–H and O–H groups in total. The largest absolute Gasteiger partial charge is 0.465 e. The smallest absolute Gasteiger partial charge is 0.323 e. The molecule has 23 heavy (non-hydrogen) atoms. The van der Waals surface area contributed by atoms with Crippen LogP contribution in [0.25, 0.3) is 0 Å². The number of ether oxygens (including phenoxy) is 2. The molecule has 1 saturated heterocycles. The van der Waals surface area contributed by atoms with E-state index in [9.17, 15) is 9.59 Å². The first-order chi connectivity index (χ1) is 10.7. The first-order valence-corrected chi connectivity index (χ1v) is 7.80. The second kappa shape index (κ2) is 9.53. The van der Waals surface area contributed by atoms with Crippen molar-refractivity contribution in [3.8, 4) is 0 Å². The van der Waals surface area contributed by atoms with Gasteiger partial charge in [0, 0.05) is 6.54 Å². The maximum atomic E-state index is 12.2. The number of carbonyl (C=O) groups excluding carboxylic acids is 2. The van der Waals surface area contributed by atoms with Crippen LogP contribution in [0.5, 0.6) is 0 Å². The molecule has 1 aromatic carbocycles. The van der Waals surface area contributed by atoms with Gasteiger partial charge in [-0.25, -0.2) is 0 Å². The molecule has 2 unspecified atom stereocenters. The molecule has 0 aliphatic carbocycles. The molecule has 6 heteroatoms. The standard InChI is InChI=1S/C17H23NO4.ClH/c1-3-21-16(19)14-10-11-15(17(20)22-4-2)18(14)12-13-8-6-5-7-9-13;/h5-9,14-15H,3-4,10-12H2,1-2H3;1H. The van der Waals surface area contributed by atoms with Gasteiger partial charge in [-0.1, -0.05) is 30.3 Å². The van der Waals surface area contributed by atoms with Crippen molar-refractivity contribution in [3.05, 3.63) is 35.9 Å². The van der Waals surface area contributed by atoms with Crippen molar-refractivity contribution in [1.29, 1.82) is 0 Å². The van der Waals surface area contributed by atoms with E-state index in [0.29, 0.717) is 32.6 Å². The first-order valence-electron chi connectivity index (χ1n) is 7.80. The summed E-state index contributed by atoms with van der Waals surface area (Å²) in [7, 11) is 0. The van der Waals surface area contributed by atoms with Crippen molar-refractivity contribution in [3.63, 3.8) is 0 Å². The van der Waals surface area contributed by atoms with Crippen LogP contribution in [0.4, 0.5) is 0 Å². The summed E-state index contributed by atoms with van der Waals surface area (Å²) >= 11 is 0. The number of carbonyl (C=O) groups is 2. The molecule has 1 aliphatic heterocycles. The fraction of sp³-hybridized carbons (Fsp3) is 0.529. The average molecular weight is 342 g/mol. The number of halogens is 1. The lowest BCUT2D eigenvalue weighted by atomic mass is 10.2. The van der Waals surface area contributed by atoms with Crippen LogP contribution in [0, 0.1) is 0 Å².